The molecular formula is C25H20N4O3. The molecule has 4 rings (SSSR count). The van der Waals surface area contributed by atoms with Crippen LogP contribution in [0.25, 0.3) is 5.65 Å². The molecule has 2 aromatic heterocycles. The second kappa shape index (κ2) is 8.74. The minimum absolute atomic E-state index is 0.298. The molecule has 1 N–H and O–H groups in total. The number of esters is 1. The molecule has 0 aliphatic carbocycles. The van der Waals surface area contributed by atoms with E-state index in [-0.39, 0.29) is 5.91 Å². The predicted molar refractivity (Wildman–Crippen MR) is 121 cm³/mol. The highest BCUT2D eigenvalue weighted by atomic mass is 16.5. The number of amides is 1. The zero-order valence-corrected chi connectivity index (χ0v) is 17.8. The fourth-order valence-corrected chi connectivity index (χ4v) is 3.29. The summed E-state index contributed by atoms with van der Waals surface area (Å²) in [7, 11) is 1.34. The van der Waals surface area contributed by atoms with E-state index < -0.39 is 5.97 Å². The quantitative estimate of drug-likeness (QED) is 0.400. The summed E-state index contributed by atoms with van der Waals surface area (Å²) in [6.45, 7) is 3.80. The van der Waals surface area contributed by atoms with Crippen molar-refractivity contribution >= 4 is 23.2 Å². The first-order valence-corrected chi connectivity index (χ1v) is 9.88. The maximum atomic E-state index is 12.8. The van der Waals surface area contributed by atoms with Gasteiger partial charge < -0.3 is 10.1 Å². The van der Waals surface area contributed by atoms with E-state index in [2.05, 4.69) is 27.2 Å². The summed E-state index contributed by atoms with van der Waals surface area (Å²) in [6.07, 6.45) is 1.52. The molecule has 0 atom stereocenters. The molecule has 0 bridgehead atoms. The van der Waals surface area contributed by atoms with Crippen LogP contribution in [0, 0.1) is 25.7 Å². The number of benzene rings is 2. The van der Waals surface area contributed by atoms with Crippen molar-refractivity contribution in [3.05, 3.63) is 94.4 Å². The van der Waals surface area contributed by atoms with E-state index >= 15 is 0 Å². The van der Waals surface area contributed by atoms with Crippen LogP contribution in [0.15, 0.2) is 60.8 Å². The van der Waals surface area contributed by atoms with Crippen LogP contribution in [0.4, 0.5) is 5.69 Å². The molecule has 7 nitrogen and oxygen atoms in total. The summed E-state index contributed by atoms with van der Waals surface area (Å²) in [5.74, 6) is 5.38. The Hall–Kier alpha value is -4.44. The Morgan fingerprint density at radius 1 is 1.00 bits per heavy atom. The van der Waals surface area contributed by atoms with Gasteiger partial charge in [-0.25, -0.2) is 14.3 Å². The third kappa shape index (κ3) is 4.35. The van der Waals surface area contributed by atoms with Crippen LogP contribution in [-0.2, 0) is 4.74 Å². The highest BCUT2D eigenvalue weighted by Gasteiger charge is 2.15. The summed E-state index contributed by atoms with van der Waals surface area (Å²) in [5.41, 5.74) is 5.08. The average molecular weight is 424 g/mol. The summed E-state index contributed by atoms with van der Waals surface area (Å²) >= 11 is 0. The monoisotopic (exact) mass is 424 g/mol. The largest absolute Gasteiger partial charge is 0.465 e. The molecule has 0 fully saturated rings. The Balaban J connectivity index is 1.56. The molecule has 0 aliphatic rings. The number of methoxy groups -OCH3 is 1. The van der Waals surface area contributed by atoms with Crippen molar-refractivity contribution in [2.24, 2.45) is 0 Å². The number of carbonyl (C=O) groups is 2. The van der Waals surface area contributed by atoms with Gasteiger partial charge in [0.05, 0.1) is 18.9 Å². The van der Waals surface area contributed by atoms with Gasteiger partial charge in [-0.3, -0.25) is 4.79 Å². The maximum absolute atomic E-state index is 12.8. The molecule has 4 aromatic rings. The number of nitrogens with one attached hydrogen (secondary N) is 1. The number of fused-ring (bicyclic) bond motifs is 1. The Labute approximate surface area is 185 Å². The fraction of sp³-hybridized carbons (Fsp3) is 0.120. The Morgan fingerprint density at radius 3 is 2.47 bits per heavy atom. The van der Waals surface area contributed by atoms with Crippen molar-refractivity contribution in [1.82, 2.24) is 14.6 Å². The normalized spacial score (nSPS) is 10.3. The van der Waals surface area contributed by atoms with E-state index in [1.54, 1.807) is 34.8 Å². The lowest BCUT2D eigenvalue weighted by molar-refractivity contribution is 0.0600. The number of rotatable bonds is 3. The molecule has 1 amide bonds. The topological polar surface area (TPSA) is 85.6 Å². The van der Waals surface area contributed by atoms with Crippen LogP contribution >= 0.6 is 0 Å². The van der Waals surface area contributed by atoms with Gasteiger partial charge in [0.25, 0.3) is 5.91 Å². The molecule has 0 unspecified atom stereocenters. The van der Waals surface area contributed by atoms with Crippen molar-refractivity contribution in [1.29, 1.82) is 0 Å². The summed E-state index contributed by atoms with van der Waals surface area (Å²) in [4.78, 5) is 29.0. The van der Waals surface area contributed by atoms with Crippen LogP contribution in [-0.4, -0.2) is 33.6 Å². The summed E-state index contributed by atoms with van der Waals surface area (Å²) < 4.78 is 6.38. The molecule has 0 radical (unpaired) electrons. The molecule has 0 spiro atoms. The predicted octanol–water partition coefficient (Wildman–Crippen LogP) is 3.78. The van der Waals surface area contributed by atoms with Crippen molar-refractivity contribution < 1.29 is 14.3 Å². The first kappa shape index (κ1) is 20.8. The molecule has 2 aromatic carbocycles. The first-order valence-electron chi connectivity index (χ1n) is 9.88. The second-order valence-corrected chi connectivity index (χ2v) is 7.19. The molecule has 158 valence electrons. The third-order valence-electron chi connectivity index (χ3n) is 4.78. The number of ether oxygens (including phenoxy) is 1. The minimum Gasteiger partial charge on any atom is -0.465 e. The molecule has 0 saturated heterocycles. The van der Waals surface area contributed by atoms with Crippen LogP contribution in [0.2, 0.25) is 0 Å². The number of aromatic nitrogens is 3. The standard InChI is InChI=1S/C25H20N4O3/c1-16-12-17(2)29-23(27-16)22(15-26-29)24(30)28-21-9-5-7-19(14-21)11-10-18-6-4-8-20(13-18)25(31)32-3/h4-9,12-15H,1-3H3,(H,28,30). The number of anilines is 1. The van der Waals surface area contributed by atoms with Gasteiger partial charge in [0, 0.05) is 28.2 Å². The van der Waals surface area contributed by atoms with E-state index in [9.17, 15) is 9.59 Å². The lowest BCUT2D eigenvalue weighted by Gasteiger charge is -2.05. The van der Waals surface area contributed by atoms with Gasteiger partial charge in [0.1, 0.15) is 5.56 Å². The Bertz CT molecular complexity index is 1410. The van der Waals surface area contributed by atoms with Crippen LogP contribution in [0.5, 0.6) is 0 Å². The highest BCUT2D eigenvalue weighted by Crippen LogP contribution is 2.16. The lowest BCUT2D eigenvalue weighted by atomic mass is 10.1. The van der Waals surface area contributed by atoms with Gasteiger partial charge in [-0.2, -0.15) is 5.10 Å². The van der Waals surface area contributed by atoms with Crippen molar-refractivity contribution in [3.63, 3.8) is 0 Å². The van der Waals surface area contributed by atoms with Gasteiger partial charge in [0.15, 0.2) is 5.65 Å². The highest BCUT2D eigenvalue weighted by molar-refractivity contribution is 6.08. The number of hydrogen-bond donors (Lipinski definition) is 1. The van der Waals surface area contributed by atoms with E-state index in [4.69, 9.17) is 4.74 Å². The van der Waals surface area contributed by atoms with Gasteiger partial charge in [0.2, 0.25) is 0 Å². The molecular weight excluding hydrogens is 404 g/mol. The number of nitrogens with zero attached hydrogens (tertiary/aromatic N) is 3. The Kier molecular flexibility index (Phi) is 5.69. The van der Waals surface area contributed by atoms with Crippen molar-refractivity contribution in [3.8, 4) is 11.8 Å². The number of hydrogen-bond acceptors (Lipinski definition) is 5. The van der Waals surface area contributed by atoms with Crippen LogP contribution < -0.4 is 5.32 Å². The number of carbonyl (C=O) groups excluding carboxylic acids is 2. The SMILES string of the molecule is COC(=O)c1cccc(C#Cc2cccc(NC(=O)c3cnn4c(C)cc(C)nc34)c2)c1. The molecule has 0 saturated carbocycles. The van der Waals surface area contributed by atoms with E-state index in [0.29, 0.717) is 28.0 Å². The Morgan fingerprint density at radius 2 is 1.72 bits per heavy atom. The number of aryl methyl sites for hydroxylation is 2. The van der Waals surface area contributed by atoms with E-state index in [1.165, 1.54) is 13.3 Å². The fourth-order valence-electron chi connectivity index (χ4n) is 3.29. The summed E-state index contributed by atoms with van der Waals surface area (Å²) in [5, 5.41) is 7.15. The van der Waals surface area contributed by atoms with Crippen molar-refractivity contribution in [2.75, 3.05) is 12.4 Å². The lowest BCUT2D eigenvalue weighted by Crippen LogP contribution is -2.12. The van der Waals surface area contributed by atoms with E-state index in [0.717, 1.165) is 17.0 Å². The van der Waals surface area contributed by atoms with Gasteiger partial charge >= 0.3 is 5.97 Å². The zero-order chi connectivity index (χ0) is 22.7. The van der Waals surface area contributed by atoms with Gasteiger partial charge in [-0.15, -0.1) is 0 Å². The van der Waals surface area contributed by atoms with Crippen LogP contribution in [0.1, 0.15) is 43.2 Å². The average Bonchev–Trinajstić information content (AvgIpc) is 3.22. The zero-order valence-electron chi connectivity index (χ0n) is 17.8. The minimum atomic E-state index is -0.411. The molecule has 0 aliphatic heterocycles. The van der Waals surface area contributed by atoms with Crippen molar-refractivity contribution in [2.45, 2.75) is 13.8 Å². The van der Waals surface area contributed by atoms with Crippen LogP contribution in [0.3, 0.4) is 0 Å². The van der Waals surface area contributed by atoms with E-state index in [1.807, 2.05) is 38.1 Å². The third-order valence-corrected chi connectivity index (χ3v) is 4.78. The maximum Gasteiger partial charge on any atom is 0.337 e. The first-order chi connectivity index (χ1) is 15.4. The van der Waals surface area contributed by atoms with Gasteiger partial charge in [-0.1, -0.05) is 24.0 Å². The molecule has 7 heteroatoms. The molecule has 32 heavy (non-hydrogen) atoms. The molecule has 2 heterocycles. The second-order valence-electron chi connectivity index (χ2n) is 7.19. The summed E-state index contributed by atoms with van der Waals surface area (Å²) in [6, 6.07) is 16.0. The van der Waals surface area contributed by atoms with Gasteiger partial charge in [-0.05, 0) is 56.3 Å². The smallest absolute Gasteiger partial charge is 0.337 e.